The lowest BCUT2D eigenvalue weighted by atomic mass is 10.3. The number of fused-ring (bicyclic) bond motifs is 1. The second-order valence-corrected chi connectivity index (χ2v) is 4.19. The lowest BCUT2D eigenvalue weighted by Crippen LogP contribution is -2.26. The quantitative estimate of drug-likeness (QED) is 0.736. The largest absolute Gasteiger partial charge is 0.303 e. The van der Waals surface area contributed by atoms with Gasteiger partial charge in [-0.15, -0.1) is 0 Å². The molecule has 86 valence electrons. The summed E-state index contributed by atoms with van der Waals surface area (Å²) in [7, 11) is 0. The molecule has 1 aliphatic heterocycles. The van der Waals surface area contributed by atoms with E-state index >= 15 is 0 Å². The molecule has 1 saturated heterocycles. The van der Waals surface area contributed by atoms with Gasteiger partial charge in [0.05, 0.1) is 5.56 Å². The molecule has 0 spiro atoms. The van der Waals surface area contributed by atoms with Crippen molar-refractivity contribution in [3.8, 4) is 0 Å². The third kappa shape index (κ3) is 1.45. The van der Waals surface area contributed by atoms with Crippen LogP contribution in [0.1, 0.15) is 23.2 Å². The number of hydrogen-bond donors (Lipinski definition) is 0. The zero-order valence-electron chi connectivity index (χ0n) is 9.30. The van der Waals surface area contributed by atoms with E-state index in [0.717, 1.165) is 18.2 Å². The molecule has 4 heteroatoms. The number of aldehydes is 1. The van der Waals surface area contributed by atoms with Crippen LogP contribution in [-0.2, 0) is 4.79 Å². The zero-order valence-corrected chi connectivity index (χ0v) is 9.30. The molecular weight excluding hydrogens is 216 g/mol. The highest BCUT2D eigenvalue weighted by molar-refractivity contribution is 6.00. The SMILES string of the molecule is O=Cc1cc2ccccn2c1N1CCCC1=O. The fraction of sp³-hybridized carbons (Fsp3) is 0.231. The number of carbonyl (C=O) groups excluding carboxylic acids is 2. The lowest BCUT2D eigenvalue weighted by Gasteiger charge is -2.16. The summed E-state index contributed by atoms with van der Waals surface area (Å²) < 4.78 is 1.90. The highest BCUT2D eigenvalue weighted by Crippen LogP contribution is 2.27. The van der Waals surface area contributed by atoms with Gasteiger partial charge in [0.2, 0.25) is 5.91 Å². The summed E-state index contributed by atoms with van der Waals surface area (Å²) in [5, 5.41) is 0. The van der Waals surface area contributed by atoms with Crippen molar-refractivity contribution < 1.29 is 9.59 Å². The number of rotatable bonds is 2. The maximum Gasteiger partial charge on any atom is 0.228 e. The van der Waals surface area contributed by atoms with Gasteiger partial charge in [-0.25, -0.2) is 0 Å². The third-order valence-electron chi connectivity index (χ3n) is 3.14. The number of hydrogen-bond acceptors (Lipinski definition) is 2. The first-order chi connectivity index (χ1) is 8.31. The van der Waals surface area contributed by atoms with Crippen LogP contribution >= 0.6 is 0 Å². The Morgan fingerprint density at radius 2 is 2.18 bits per heavy atom. The molecule has 0 radical (unpaired) electrons. The van der Waals surface area contributed by atoms with Crippen LogP contribution < -0.4 is 4.90 Å². The standard InChI is InChI=1S/C13H12N2O2/c16-9-10-8-11-4-1-2-6-14(11)13(10)15-7-3-5-12(15)17/h1-2,4,6,8-9H,3,5,7H2. The lowest BCUT2D eigenvalue weighted by molar-refractivity contribution is -0.117. The monoisotopic (exact) mass is 228 g/mol. The van der Waals surface area contributed by atoms with E-state index < -0.39 is 0 Å². The molecule has 0 atom stereocenters. The zero-order chi connectivity index (χ0) is 11.8. The second kappa shape index (κ2) is 3.73. The Balaban J connectivity index is 2.25. The van der Waals surface area contributed by atoms with Crippen LogP contribution in [0, 0.1) is 0 Å². The third-order valence-corrected chi connectivity index (χ3v) is 3.14. The van der Waals surface area contributed by atoms with Gasteiger partial charge in [-0.2, -0.15) is 0 Å². The topological polar surface area (TPSA) is 41.8 Å². The molecule has 0 aliphatic carbocycles. The summed E-state index contributed by atoms with van der Waals surface area (Å²) in [6.45, 7) is 0.695. The van der Waals surface area contributed by atoms with E-state index in [2.05, 4.69) is 0 Å². The van der Waals surface area contributed by atoms with Crippen LogP contribution in [0.3, 0.4) is 0 Å². The summed E-state index contributed by atoms with van der Waals surface area (Å²) >= 11 is 0. The number of amides is 1. The van der Waals surface area contributed by atoms with Crippen molar-refractivity contribution in [3.63, 3.8) is 0 Å². The van der Waals surface area contributed by atoms with Gasteiger partial charge in [0.15, 0.2) is 6.29 Å². The molecule has 0 aromatic carbocycles. The molecule has 0 bridgehead atoms. The van der Waals surface area contributed by atoms with Crippen molar-refractivity contribution in [3.05, 3.63) is 36.0 Å². The first-order valence-electron chi connectivity index (χ1n) is 5.67. The molecule has 2 aromatic rings. The number of aromatic nitrogens is 1. The van der Waals surface area contributed by atoms with Crippen molar-refractivity contribution >= 4 is 23.5 Å². The first kappa shape index (κ1) is 10.1. The van der Waals surface area contributed by atoms with E-state index in [0.29, 0.717) is 24.3 Å². The van der Waals surface area contributed by atoms with Gasteiger partial charge in [0.1, 0.15) is 5.82 Å². The molecule has 2 aromatic heterocycles. The van der Waals surface area contributed by atoms with Gasteiger partial charge in [-0.3, -0.25) is 14.5 Å². The van der Waals surface area contributed by atoms with Crippen molar-refractivity contribution in [2.75, 3.05) is 11.4 Å². The van der Waals surface area contributed by atoms with Gasteiger partial charge in [-0.05, 0) is 24.6 Å². The van der Waals surface area contributed by atoms with Crippen molar-refractivity contribution in [2.24, 2.45) is 0 Å². The molecule has 17 heavy (non-hydrogen) atoms. The van der Waals surface area contributed by atoms with Crippen LogP contribution in [0.2, 0.25) is 0 Å². The fourth-order valence-corrected chi connectivity index (χ4v) is 2.37. The van der Waals surface area contributed by atoms with Crippen LogP contribution in [0.4, 0.5) is 5.82 Å². The van der Waals surface area contributed by atoms with Gasteiger partial charge >= 0.3 is 0 Å². The van der Waals surface area contributed by atoms with Crippen LogP contribution in [0.15, 0.2) is 30.5 Å². The molecular formula is C13H12N2O2. The molecule has 1 aliphatic rings. The minimum atomic E-state index is 0.0944. The summed E-state index contributed by atoms with van der Waals surface area (Å²) in [6, 6.07) is 7.55. The second-order valence-electron chi connectivity index (χ2n) is 4.19. The Kier molecular flexibility index (Phi) is 2.21. The highest BCUT2D eigenvalue weighted by atomic mass is 16.2. The average molecular weight is 228 g/mol. The normalized spacial score (nSPS) is 15.8. The van der Waals surface area contributed by atoms with Crippen molar-refractivity contribution in [1.82, 2.24) is 4.40 Å². The maximum absolute atomic E-state index is 11.8. The molecule has 0 unspecified atom stereocenters. The highest BCUT2D eigenvalue weighted by Gasteiger charge is 2.26. The molecule has 0 N–H and O–H groups in total. The van der Waals surface area contributed by atoms with Gasteiger partial charge < -0.3 is 4.40 Å². The fourth-order valence-electron chi connectivity index (χ4n) is 2.37. The molecule has 4 nitrogen and oxygen atoms in total. The number of nitrogens with zero attached hydrogens (tertiary/aromatic N) is 2. The van der Waals surface area contributed by atoms with E-state index in [9.17, 15) is 9.59 Å². The minimum Gasteiger partial charge on any atom is -0.303 e. The van der Waals surface area contributed by atoms with E-state index in [1.54, 1.807) is 4.90 Å². The summed E-state index contributed by atoms with van der Waals surface area (Å²) in [5.41, 5.74) is 1.51. The maximum atomic E-state index is 11.8. The molecule has 3 rings (SSSR count). The van der Waals surface area contributed by atoms with Crippen LogP contribution in [0.25, 0.3) is 5.52 Å². The predicted octanol–water partition coefficient (Wildman–Crippen LogP) is 1.88. The van der Waals surface area contributed by atoms with E-state index in [4.69, 9.17) is 0 Å². The summed E-state index contributed by atoms with van der Waals surface area (Å²) in [5.74, 6) is 0.801. The molecule has 3 heterocycles. The molecule has 0 saturated carbocycles. The Morgan fingerprint density at radius 1 is 1.29 bits per heavy atom. The predicted molar refractivity (Wildman–Crippen MR) is 64.4 cm³/mol. The average Bonchev–Trinajstić information content (AvgIpc) is 2.91. The Hall–Kier alpha value is -2.10. The van der Waals surface area contributed by atoms with E-state index in [-0.39, 0.29) is 5.91 Å². The van der Waals surface area contributed by atoms with Gasteiger partial charge in [0, 0.05) is 24.7 Å². The van der Waals surface area contributed by atoms with Crippen LogP contribution in [-0.4, -0.2) is 23.1 Å². The number of pyridine rings is 1. The van der Waals surface area contributed by atoms with Crippen LogP contribution in [0.5, 0.6) is 0 Å². The molecule has 1 fully saturated rings. The number of carbonyl (C=O) groups is 2. The summed E-state index contributed by atoms with van der Waals surface area (Å²) in [4.78, 5) is 24.6. The van der Waals surface area contributed by atoms with Crippen molar-refractivity contribution in [2.45, 2.75) is 12.8 Å². The Labute approximate surface area is 98.5 Å². The summed E-state index contributed by atoms with van der Waals surface area (Å²) in [6.07, 6.45) is 4.12. The van der Waals surface area contributed by atoms with Crippen molar-refractivity contribution in [1.29, 1.82) is 0 Å². The minimum absolute atomic E-state index is 0.0944. The Morgan fingerprint density at radius 3 is 2.88 bits per heavy atom. The first-order valence-corrected chi connectivity index (χ1v) is 5.67. The smallest absolute Gasteiger partial charge is 0.228 e. The number of anilines is 1. The van der Waals surface area contributed by atoms with E-state index in [1.807, 2.05) is 34.9 Å². The van der Waals surface area contributed by atoms with E-state index in [1.165, 1.54) is 0 Å². The van der Waals surface area contributed by atoms with Gasteiger partial charge in [-0.1, -0.05) is 6.07 Å². The molecule has 1 amide bonds. The van der Waals surface area contributed by atoms with Gasteiger partial charge in [0.25, 0.3) is 0 Å². The Bertz CT molecular complexity index is 600.